The van der Waals surface area contributed by atoms with Crippen molar-refractivity contribution >= 4 is 11.8 Å². The first-order valence-corrected chi connectivity index (χ1v) is 7.87. The molecule has 20 heavy (non-hydrogen) atoms. The van der Waals surface area contributed by atoms with E-state index in [4.69, 9.17) is 5.73 Å². The first kappa shape index (κ1) is 13.6. The molecule has 0 unspecified atom stereocenters. The average molecular weight is 289 g/mol. The van der Waals surface area contributed by atoms with E-state index in [-0.39, 0.29) is 6.04 Å². The van der Waals surface area contributed by atoms with E-state index in [9.17, 15) is 0 Å². The van der Waals surface area contributed by atoms with E-state index in [1.54, 1.807) is 18.0 Å². The molecular formula is C14H19N5S. The van der Waals surface area contributed by atoms with Crippen LogP contribution in [0.15, 0.2) is 28.5 Å². The molecule has 0 spiro atoms. The van der Waals surface area contributed by atoms with Crippen LogP contribution in [0.3, 0.4) is 0 Å². The Kier molecular flexibility index (Phi) is 4.03. The molecule has 1 atom stereocenters. The molecule has 0 amide bonds. The van der Waals surface area contributed by atoms with Crippen LogP contribution in [-0.4, -0.2) is 19.7 Å². The van der Waals surface area contributed by atoms with Crippen LogP contribution in [0.4, 0.5) is 0 Å². The van der Waals surface area contributed by atoms with E-state index < -0.39 is 0 Å². The van der Waals surface area contributed by atoms with E-state index in [2.05, 4.69) is 19.7 Å². The second kappa shape index (κ2) is 5.93. The molecule has 3 rings (SSSR count). The van der Waals surface area contributed by atoms with Crippen molar-refractivity contribution in [3.63, 3.8) is 0 Å². The zero-order chi connectivity index (χ0) is 13.9. The third kappa shape index (κ3) is 2.86. The van der Waals surface area contributed by atoms with Crippen LogP contribution in [0.2, 0.25) is 0 Å². The highest BCUT2D eigenvalue weighted by atomic mass is 32.2. The lowest BCUT2D eigenvalue weighted by molar-refractivity contribution is 0.590. The van der Waals surface area contributed by atoms with Crippen molar-refractivity contribution in [1.82, 2.24) is 19.7 Å². The number of hydrogen-bond donors (Lipinski definition) is 1. The summed E-state index contributed by atoms with van der Waals surface area (Å²) in [5, 5.41) is 10.5. The SMILES string of the molecule is C[C@H](N)c1ccnc(Sc2nnc3n2CCCCC3)c1. The standard InChI is InChI=1S/C14H19N5S/c1-10(15)11-6-7-16-13(9-11)20-14-18-17-12-5-3-2-4-8-19(12)14/h6-7,9-10H,2-5,8,15H2,1H3/t10-/m0/s1. The van der Waals surface area contributed by atoms with Gasteiger partial charge in [0.2, 0.25) is 0 Å². The molecule has 2 N–H and O–H groups in total. The summed E-state index contributed by atoms with van der Waals surface area (Å²) in [5.41, 5.74) is 7.01. The first-order valence-electron chi connectivity index (χ1n) is 7.05. The zero-order valence-corrected chi connectivity index (χ0v) is 12.4. The lowest BCUT2D eigenvalue weighted by Gasteiger charge is -2.08. The minimum absolute atomic E-state index is 0.0212. The van der Waals surface area contributed by atoms with Gasteiger partial charge in [0.1, 0.15) is 10.9 Å². The maximum Gasteiger partial charge on any atom is 0.197 e. The predicted molar refractivity (Wildman–Crippen MR) is 78.5 cm³/mol. The Morgan fingerprint density at radius 1 is 1.30 bits per heavy atom. The number of aryl methyl sites for hydroxylation is 1. The van der Waals surface area contributed by atoms with Crippen molar-refractivity contribution in [3.8, 4) is 0 Å². The van der Waals surface area contributed by atoms with Gasteiger partial charge in [-0.1, -0.05) is 6.42 Å². The summed E-state index contributed by atoms with van der Waals surface area (Å²) in [4.78, 5) is 4.40. The van der Waals surface area contributed by atoms with Crippen molar-refractivity contribution < 1.29 is 0 Å². The molecule has 5 nitrogen and oxygen atoms in total. The number of fused-ring (bicyclic) bond motifs is 1. The molecule has 106 valence electrons. The van der Waals surface area contributed by atoms with E-state index in [0.717, 1.165) is 34.5 Å². The number of pyridine rings is 1. The van der Waals surface area contributed by atoms with E-state index in [0.29, 0.717) is 0 Å². The van der Waals surface area contributed by atoms with Crippen LogP contribution in [0.1, 0.15) is 43.6 Å². The average Bonchev–Trinajstić information content (AvgIpc) is 2.68. The van der Waals surface area contributed by atoms with Gasteiger partial charge in [-0.25, -0.2) is 4.98 Å². The first-order chi connectivity index (χ1) is 9.74. The summed E-state index contributed by atoms with van der Waals surface area (Å²) in [7, 11) is 0. The number of hydrogen-bond acceptors (Lipinski definition) is 5. The molecule has 0 radical (unpaired) electrons. The third-order valence-corrected chi connectivity index (χ3v) is 4.47. The summed E-state index contributed by atoms with van der Waals surface area (Å²) in [5.74, 6) is 1.10. The van der Waals surface area contributed by atoms with Crippen molar-refractivity contribution in [1.29, 1.82) is 0 Å². The van der Waals surface area contributed by atoms with E-state index in [1.165, 1.54) is 19.3 Å². The van der Waals surface area contributed by atoms with Crippen LogP contribution in [0.25, 0.3) is 0 Å². The number of nitrogens with two attached hydrogens (primary N) is 1. The molecule has 6 heteroatoms. The zero-order valence-electron chi connectivity index (χ0n) is 11.6. The highest BCUT2D eigenvalue weighted by Crippen LogP contribution is 2.28. The Hall–Kier alpha value is -1.40. The van der Waals surface area contributed by atoms with Crippen LogP contribution in [-0.2, 0) is 13.0 Å². The fraction of sp³-hybridized carbons (Fsp3) is 0.500. The van der Waals surface area contributed by atoms with Crippen molar-refractivity contribution in [2.24, 2.45) is 5.73 Å². The normalized spacial score (nSPS) is 16.5. The Morgan fingerprint density at radius 3 is 3.05 bits per heavy atom. The van der Waals surface area contributed by atoms with Gasteiger partial charge in [0, 0.05) is 25.2 Å². The lowest BCUT2D eigenvalue weighted by Crippen LogP contribution is -2.05. The highest BCUT2D eigenvalue weighted by molar-refractivity contribution is 7.99. The molecule has 1 aliphatic rings. The summed E-state index contributed by atoms with van der Waals surface area (Å²) < 4.78 is 2.23. The largest absolute Gasteiger partial charge is 0.324 e. The van der Waals surface area contributed by atoms with Crippen LogP contribution < -0.4 is 5.73 Å². The van der Waals surface area contributed by atoms with Crippen molar-refractivity contribution in [3.05, 3.63) is 29.7 Å². The minimum Gasteiger partial charge on any atom is -0.324 e. The third-order valence-electron chi connectivity index (χ3n) is 3.56. The monoisotopic (exact) mass is 289 g/mol. The van der Waals surface area contributed by atoms with Crippen LogP contribution >= 0.6 is 11.8 Å². The molecule has 0 aliphatic carbocycles. The Morgan fingerprint density at radius 2 is 2.20 bits per heavy atom. The Bertz CT molecular complexity index is 593. The second-order valence-electron chi connectivity index (χ2n) is 5.18. The maximum absolute atomic E-state index is 5.92. The summed E-state index contributed by atoms with van der Waals surface area (Å²) in [6.45, 7) is 2.99. The molecule has 0 aromatic carbocycles. The van der Waals surface area contributed by atoms with Gasteiger partial charge >= 0.3 is 0 Å². The fourth-order valence-corrected chi connectivity index (χ4v) is 3.28. The van der Waals surface area contributed by atoms with Gasteiger partial charge in [-0.05, 0) is 49.2 Å². The summed E-state index contributed by atoms with van der Waals surface area (Å²) >= 11 is 1.57. The van der Waals surface area contributed by atoms with Crippen molar-refractivity contribution in [2.75, 3.05) is 0 Å². The highest BCUT2D eigenvalue weighted by Gasteiger charge is 2.16. The molecule has 2 aromatic heterocycles. The van der Waals surface area contributed by atoms with Gasteiger partial charge in [-0.15, -0.1) is 10.2 Å². The van der Waals surface area contributed by atoms with Crippen LogP contribution in [0.5, 0.6) is 0 Å². The van der Waals surface area contributed by atoms with Crippen LogP contribution in [0, 0.1) is 0 Å². The Labute approximate surface area is 123 Å². The molecule has 0 bridgehead atoms. The van der Waals surface area contributed by atoms with Gasteiger partial charge in [0.05, 0.1) is 0 Å². The maximum atomic E-state index is 5.92. The quantitative estimate of drug-likeness (QED) is 0.940. The molecule has 2 aromatic rings. The molecule has 0 fully saturated rings. The smallest absolute Gasteiger partial charge is 0.197 e. The van der Waals surface area contributed by atoms with Gasteiger partial charge in [0.15, 0.2) is 5.16 Å². The van der Waals surface area contributed by atoms with Gasteiger partial charge < -0.3 is 10.3 Å². The number of nitrogens with zero attached hydrogens (tertiary/aromatic N) is 4. The topological polar surface area (TPSA) is 69.6 Å². The van der Waals surface area contributed by atoms with E-state index in [1.807, 2.05) is 19.1 Å². The van der Waals surface area contributed by atoms with Gasteiger partial charge in [-0.3, -0.25) is 0 Å². The minimum atomic E-state index is 0.0212. The molecule has 0 saturated carbocycles. The summed E-state index contributed by atoms with van der Waals surface area (Å²) in [6, 6.07) is 4.01. The van der Waals surface area contributed by atoms with Gasteiger partial charge in [-0.2, -0.15) is 0 Å². The second-order valence-corrected chi connectivity index (χ2v) is 6.17. The molecule has 0 saturated heterocycles. The number of rotatable bonds is 3. The number of aromatic nitrogens is 4. The fourth-order valence-electron chi connectivity index (χ4n) is 2.39. The van der Waals surface area contributed by atoms with Gasteiger partial charge in [0.25, 0.3) is 0 Å². The van der Waals surface area contributed by atoms with E-state index >= 15 is 0 Å². The lowest BCUT2D eigenvalue weighted by atomic mass is 10.1. The molecular weight excluding hydrogens is 270 g/mol. The van der Waals surface area contributed by atoms with Crippen molar-refractivity contribution in [2.45, 2.75) is 55.4 Å². The molecule has 3 heterocycles. The molecule has 1 aliphatic heterocycles. The predicted octanol–water partition coefficient (Wildman–Crippen LogP) is 2.57. The Balaban J connectivity index is 1.84. The summed E-state index contributed by atoms with van der Waals surface area (Å²) in [6.07, 6.45) is 6.51.